The first-order valence-electron chi connectivity index (χ1n) is 5.99. The van der Waals surface area contributed by atoms with Gasteiger partial charge in [-0.1, -0.05) is 0 Å². The molecule has 9 heteroatoms. The Morgan fingerprint density at radius 3 is 2.85 bits per heavy atom. The number of carbonyl (C=O) groups is 3. The largest absolute Gasteiger partial charge is 0.479 e. The fourth-order valence-corrected chi connectivity index (χ4v) is 1.87. The van der Waals surface area contributed by atoms with E-state index in [0.717, 1.165) is 0 Å². The van der Waals surface area contributed by atoms with Gasteiger partial charge < -0.3 is 15.7 Å². The molecule has 0 spiro atoms. The van der Waals surface area contributed by atoms with Gasteiger partial charge in [0, 0.05) is 25.4 Å². The molecule has 2 amide bonds. The van der Waals surface area contributed by atoms with Crippen molar-refractivity contribution in [2.24, 2.45) is 7.05 Å². The summed E-state index contributed by atoms with van der Waals surface area (Å²) in [6, 6.07) is -1.82. The number of nitrogens with zero attached hydrogens (tertiary/aromatic N) is 2. The van der Waals surface area contributed by atoms with Gasteiger partial charge in [-0.05, 0) is 0 Å². The second kappa shape index (κ2) is 5.70. The van der Waals surface area contributed by atoms with Gasteiger partial charge in [-0.2, -0.15) is 5.10 Å². The highest BCUT2D eigenvalue weighted by molar-refractivity contribution is 5.90. The first-order valence-corrected chi connectivity index (χ1v) is 5.99. The molecule has 4 N–H and O–H groups in total. The highest BCUT2D eigenvalue weighted by Gasteiger charge is 2.29. The van der Waals surface area contributed by atoms with Crippen LogP contribution in [0.2, 0.25) is 0 Å². The molecule has 1 aromatic heterocycles. The van der Waals surface area contributed by atoms with Gasteiger partial charge in [0.2, 0.25) is 11.8 Å². The van der Waals surface area contributed by atoms with Crippen LogP contribution < -0.4 is 16.0 Å². The average molecular weight is 281 g/mol. The number of rotatable bonds is 4. The minimum absolute atomic E-state index is 0.0305. The zero-order valence-electron chi connectivity index (χ0n) is 10.8. The molecule has 0 radical (unpaired) electrons. The number of amides is 2. The zero-order chi connectivity index (χ0) is 14.7. The summed E-state index contributed by atoms with van der Waals surface area (Å²) in [6.07, 6.45) is 2.91. The van der Waals surface area contributed by atoms with Crippen molar-refractivity contribution in [3.8, 4) is 0 Å². The Morgan fingerprint density at radius 1 is 1.60 bits per heavy atom. The number of aromatic nitrogens is 2. The Bertz CT molecular complexity index is 531. The summed E-state index contributed by atoms with van der Waals surface area (Å²) in [5.74, 6) is -1.86. The van der Waals surface area contributed by atoms with Gasteiger partial charge in [0.25, 0.3) is 0 Å². The lowest BCUT2D eigenvalue weighted by atomic mass is 10.1. The van der Waals surface area contributed by atoms with E-state index in [2.05, 4.69) is 21.0 Å². The second-order valence-electron chi connectivity index (χ2n) is 4.46. The molecule has 0 saturated carbocycles. The number of hydrogen-bond donors (Lipinski definition) is 4. The quantitative estimate of drug-likeness (QED) is 0.494. The normalized spacial score (nSPS) is 20.1. The van der Waals surface area contributed by atoms with Crippen molar-refractivity contribution >= 4 is 17.8 Å². The van der Waals surface area contributed by atoms with Gasteiger partial charge in [-0.3, -0.25) is 19.6 Å². The Labute approximate surface area is 114 Å². The molecule has 2 heterocycles. The molecule has 0 aromatic carbocycles. The lowest BCUT2D eigenvalue weighted by molar-refractivity contribution is -0.142. The van der Waals surface area contributed by atoms with Crippen molar-refractivity contribution in [3.63, 3.8) is 0 Å². The van der Waals surface area contributed by atoms with Gasteiger partial charge in [0.15, 0.2) is 6.04 Å². The maximum Gasteiger partial charge on any atom is 0.331 e. The number of nitrogens with one attached hydrogen (secondary N) is 3. The van der Waals surface area contributed by atoms with Crippen molar-refractivity contribution in [1.29, 1.82) is 0 Å². The van der Waals surface area contributed by atoms with Crippen molar-refractivity contribution in [2.75, 3.05) is 13.1 Å². The highest BCUT2D eigenvalue weighted by atomic mass is 16.4. The average Bonchev–Trinajstić information content (AvgIpc) is 2.82. The van der Waals surface area contributed by atoms with E-state index in [9.17, 15) is 19.5 Å². The van der Waals surface area contributed by atoms with E-state index in [4.69, 9.17) is 0 Å². The minimum atomic E-state index is -1.17. The van der Waals surface area contributed by atoms with Gasteiger partial charge in [0.1, 0.15) is 6.04 Å². The topological polar surface area (TPSA) is 125 Å². The van der Waals surface area contributed by atoms with E-state index in [1.165, 1.54) is 17.1 Å². The number of aliphatic carboxylic acids is 1. The predicted octanol–water partition coefficient (Wildman–Crippen LogP) is -2.25. The van der Waals surface area contributed by atoms with Crippen LogP contribution in [0.25, 0.3) is 0 Å². The van der Waals surface area contributed by atoms with Gasteiger partial charge in [-0.15, -0.1) is 0 Å². The maximum absolute atomic E-state index is 12.0. The smallest absolute Gasteiger partial charge is 0.331 e. The molecular weight excluding hydrogens is 266 g/mol. The molecule has 1 saturated heterocycles. The van der Waals surface area contributed by atoms with Crippen molar-refractivity contribution in [3.05, 3.63) is 18.0 Å². The van der Waals surface area contributed by atoms with Crippen molar-refractivity contribution in [2.45, 2.75) is 12.1 Å². The van der Waals surface area contributed by atoms with Crippen LogP contribution in [-0.4, -0.2) is 51.8 Å². The summed E-state index contributed by atoms with van der Waals surface area (Å²) in [5, 5.41) is 20.8. The van der Waals surface area contributed by atoms with E-state index < -0.39 is 24.0 Å². The number of carbonyl (C=O) groups excluding carboxylic acids is 2. The Morgan fingerprint density at radius 2 is 2.35 bits per heavy atom. The Balaban J connectivity index is 2.03. The Kier molecular flexibility index (Phi) is 3.99. The van der Waals surface area contributed by atoms with Crippen LogP contribution in [0.15, 0.2) is 12.4 Å². The van der Waals surface area contributed by atoms with E-state index in [1.807, 2.05) is 0 Å². The summed E-state index contributed by atoms with van der Waals surface area (Å²) in [4.78, 5) is 34.2. The third kappa shape index (κ3) is 3.12. The summed E-state index contributed by atoms with van der Waals surface area (Å²) in [5.41, 5.74) is 0.383. The van der Waals surface area contributed by atoms with E-state index >= 15 is 0 Å². The molecule has 9 nitrogen and oxygen atoms in total. The third-order valence-corrected chi connectivity index (χ3v) is 2.92. The first kappa shape index (κ1) is 14.0. The van der Waals surface area contributed by atoms with Crippen molar-refractivity contribution in [1.82, 2.24) is 25.7 Å². The van der Waals surface area contributed by atoms with Crippen LogP contribution in [0.4, 0.5) is 0 Å². The third-order valence-electron chi connectivity index (χ3n) is 2.92. The molecule has 0 bridgehead atoms. The van der Waals surface area contributed by atoms with E-state index in [-0.39, 0.29) is 19.0 Å². The molecule has 1 aromatic rings. The fourth-order valence-electron chi connectivity index (χ4n) is 1.87. The predicted molar refractivity (Wildman–Crippen MR) is 66.5 cm³/mol. The van der Waals surface area contributed by atoms with Gasteiger partial charge in [0.05, 0.1) is 12.7 Å². The van der Waals surface area contributed by atoms with E-state index in [0.29, 0.717) is 5.56 Å². The number of carboxylic acid groups (broad SMARTS) is 1. The second-order valence-corrected chi connectivity index (χ2v) is 4.46. The summed E-state index contributed by atoms with van der Waals surface area (Å²) in [7, 11) is 1.66. The lowest BCUT2D eigenvalue weighted by Gasteiger charge is -2.24. The molecule has 1 aliphatic heterocycles. The van der Waals surface area contributed by atoms with Gasteiger partial charge >= 0.3 is 5.97 Å². The maximum atomic E-state index is 12.0. The summed E-state index contributed by atoms with van der Waals surface area (Å²) >= 11 is 0. The number of piperazine rings is 1. The molecule has 20 heavy (non-hydrogen) atoms. The SMILES string of the molecule is Cn1cc(C(NC(=O)C2CNC(=O)CN2)C(=O)O)cn1. The number of aryl methyl sites for hydroxylation is 1. The van der Waals surface area contributed by atoms with Crippen LogP contribution in [0, 0.1) is 0 Å². The van der Waals surface area contributed by atoms with Crippen LogP contribution in [-0.2, 0) is 21.4 Å². The van der Waals surface area contributed by atoms with Gasteiger partial charge in [-0.25, -0.2) is 4.79 Å². The minimum Gasteiger partial charge on any atom is -0.479 e. The molecule has 1 aliphatic rings. The van der Waals surface area contributed by atoms with Crippen LogP contribution >= 0.6 is 0 Å². The summed E-state index contributed by atoms with van der Waals surface area (Å²) < 4.78 is 1.45. The number of hydrogen-bond acceptors (Lipinski definition) is 5. The summed E-state index contributed by atoms with van der Waals surface area (Å²) in [6.45, 7) is 0.159. The molecule has 2 atom stereocenters. The first-order chi connectivity index (χ1) is 9.47. The van der Waals surface area contributed by atoms with Crippen LogP contribution in [0.5, 0.6) is 0 Å². The van der Waals surface area contributed by atoms with Crippen LogP contribution in [0.3, 0.4) is 0 Å². The standard InChI is InChI=1S/C11H15N5O4/c1-16-5-6(2-14-16)9(11(19)20)15-10(18)7-3-13-8(17)4-12-7/h2,5,7,9,12H,3-4H2,1H3,(H,13,17)(H,15,18)(H,19,20). The zero-order valence-corrected chi connectivity index (χ0v) is 10.8. The highest BCUT2D eigenvalue weighted by Crippen LogP contribution is 2.12. The monoisotopic (exact) mass is 281 g/mol. The molecule has 0 aliphatic carbocycles. The molecular formula is C11H15N5O4. The fraction of sp³-hybridized carbons (Fsp3) is 0.455. The molecule has 1 fully saturated rings. The molecule has 2 rings (SSSR count). The lowest BCUT2D eigenvalue weighted by Crippen LogP contribution is -2.58. The number of carboxylic acids is 1. The van der Waals surface area contributed by atoms with Crippen LogP contribution in [0.1, 0.15) is 11.6 Å². The molecule has 2 unspecified atom stereocenters. The van der Waals surface area contributed by atoms with Crippen molar-refractivity contribution < 1.29 is 19.5 Å². The Hall–Kier alpha value is -2.42. The molecule has 108 valence electrons. The van der Waals surface area contributed by atoms with E-state index in [1.54, 1.807) is 7.05 Å².